The van der Waals surface area contributed by atoms with Crippen LogP contribution in [0.4, 0.5) is 11.4 Å². The summed E-state index contributed by atoms with van der Waals surface area (Å²) < 4.78 is 8.93. The molecule has 1 amide bonds. The number of anilines is 2. The highest BCUT2D eigenvalue weighted by Gasteiger charge is 2.25. The number of piperazine rings is 1. The van der Waals surface area contributed by atoms with Gasteiger partial charge in [-0.3, -0.25) is 4.79 Å². The van der Waals surface area contributed by atoms with Crippen molar-refractivity contribution in [3.05, 3.63) is 83.4 Å². The molecule has 1 heterocycles. The molecule has 3 aromatic rings. The van der Waals surface area contributed by atoms with E-state index in [9.17, 15) is 4.79 Å². The number of nitrogens with one attached hydrogen (secondary N) is 1. The third kappa shape index (κ3) is 5.93. The molecule has 1 aliphatic heterocycles. The summed E-state index contributed by atoms with van der Waals surface area (Å²) in [6.07, 6.45) is 0. The molecular weight excluding hydrogens is 454 g/mol. The normalized spacial score (nSPS) is 14.1. The van der Waals surface area contributed by atoms with E-state index in [-0.39, 0.29) is 11.3 Å². The largest absolute Gasteiger partial charge is 0.495 e. The van der Waals surface area contributed by atoms with Gasteiger partial charge in [0.2, 0.25) is 0 Å². The third-order valence-corrected chi connectivity index (χ3v) is 7.30. The lowest BCUT2D eigenvalue weighted by atomic mass is 9.87. The molecule has 0 spiro atoms. The number of methoxy groups -OCH3 is 1. The number of amides is 1. The molecule has 4 rings (SSSR count). The molecule has 1 aliphatic rings. The average molecular weight is 490 g/mol. The molecule has 184 valence electrons. The van der Waals surface area contributed by atoms with Crippen LogP contribution in [0.25, 0.3) is 0 Å². The van der Waals surface area contributed by atoms with Crippen molar-refractivity contribution in [2.24, 2.45) is 0 Å². The highest BCUT2D eigenvalue weighted by atomic mass is 32.2. The number of rotatable bonds is 6. The molecule has 0 aliphatic carbocycles. The maximum Gasteiger partial charge on any atom is 0.254 e. The van der Waals surface area contributed by atoms with Crippen molar-refractivity contribution in [2.75, 3.05) is 42.9 Å². The zero-order chi connectivity index (χ0) is 25.0. The van der Waals surface area contributed by atoms with E-state index in [1.807, 2.05) is 42.2 Å². The first-order chi connectivity index (χ1) is 16.8. The van der Waals surface area contributed by atoms with Gasteiger partial charge in [0.25, 0.3) is 5.91 Å². The van der Waals surface area contributed by atoms with Gasteiger partial charge >= 0.3 is 0 Å². The molecule has 6 heteroatoms. The summed E-state index contributed by atoms with van der Waals surface area (Å²) in [7, 11) is 1.70. The summed E-state index contributed by atoms with van der Waals surface area (Å²) in [4.78, 5) is 18.7. The smallest absolute Gasteiger partial charge is 0.254 e. The zero-order valence-electron chi connectivity index (χ0n) is 21.3. The van der Waals surface area contributed by atoms with Crippen LogP contribution in [0.1, 0.15) is 42.3 Å². The Labute approximate surface area is 213 Å². The molecule has 35 heavy (non-hydrogen) atoms. The fraction of sp³-hybridized carbons (Fsp3) is 0.345. The van der Waals surface area contributed by atoms with Gasteiger partial charge in [0, 0.05) is 42.3 Å². The minimum absolute atomic E-state index is 0.0964. The molecule has 0 unspecified atom stereocenters. The van der Waals surface area contributed by atoms with Gasteiger partial charge in [-0.15, -0.1) is 0 Å². The van der Waals surface area contributed by atoms with E-state index < -0.39 is 0 Å². The lowest BCUT2D eigenvalue weighted by Crippen LogP contribution is -2.49. The Hall–Kier alpha value is -3.12. The van der Waals surface area contributed by atoms with Crippen LogP contribution in [-0.4, -0.2) is 44.1 Å². The van der Waals surface area contributed by atoms with Gasteiger partial charge in [0.05, 0.1) is 12.8 Å². The number of nitrogens with zero attached hydrogens (tertiary/aromatic N) is 2. The Kier molecular flexibility index (Phi) is 7.60. The van der Waals surface area contributed by atoms with Gasteiger partial charge in [-0.05, 0) is 71.8 Å². The minimum atomic E-state index is 0.0964. The summed E-state index contributed by atoms with van der Waals surface area (Å²) >= 11 is 1.53. The van der Waals surface area contributed by atoms with E-state index in [1.165, 1.54) is 17.5 Å². The molecule has 0 radical (unpaired) electrons. The van der Waals surface area contributed by atoms with Crippen LogP contribution in [0.3, 0.4) is 0 Å². The van der Waals surface area contributed by atoms with Crippen LogP contribution < -0.4 is 14.4 Å². The highest BCUT2D eigenvalue weighted by molar-refractivity contribution is 8.00. The van der Waals surface area contributed by atoms with Crippen LogP contribution in [-0.2, 0) is 5.41 Å². The molecule has 1 N–H and O–H groups in total. The Morgan fingerprint density at radius 3 is 2.29 bits per heavy atom. The van der Waals surface area contributed by atoms with Gasteiger partial charge in [0.1, 0.15) is 5.75 Å². The molecule has 0 saturated carbocycles. The van der Waals surface area contributed by atoms with Crippen LogP contribution in [0, 0.1) is 6.92 Å². The lowest BCUT2D eigenvalue weighted by molar-refractivity contribution is 0.0745. The second-order valence-electron chi connectivity index (χ2n) is 9.96. The van der Waals surface area contributed by atoms with Crippen molar-refractivity contribution in [3.63, 3.8) is 0 Å². The van der Waals surface area contributed by atoms with E-state index in [0.717, 1.165) is 46.2 Å². The Morgan fingerprint density at radius 2 is 1.63 bits per heavy atom. The zero-order valence-corrected chi connectivity index (χ0v) is 22.1. The number of carbonyl (C=O) groups is 1. The first-order valence-corrected chi connectivity index (χ1v) is 12.9. The Morgan fingerprint density at radius 1 is 0.943 bits per heavy atom. The molecule has 0 aromatic heterocycles. The van der Waals surface area contributed by atoms with E-state index in [0.29, 0.717) is 13.1 Å². The van der Waals surface area contributed by atoms with Gasteiger partial charge in [-0.2, -0.15) is 0 Å². The highest BCUT2D eigenvalue weighted by Crippen LogP contribution is 2.30. The number of hydrogen-bond donors (Lipinski definition) is 1. The molecule has 3 aromatic carbocycles. The Balaban J connectivity index is 1.39. The first kappa shape index (κ1) is 25.0. The topological polar surface area (TPSA) is 44.8 Å². The molecule has 0 bridgehead atoms. The quantitative estimate of drug-likeness (QED) is 0.407. The van der Waals surface area contributed by atoms with Gasteiger partial charge in [0.15, 0.2) is 0 Å². The van der Waals surface area contributed by atoms with Crippen molar-refractivity contribution in [1.82, 2.24) is 4.90 Å². The second kappa shape index (κ2) is 10.6. The van der Waals surface area contributed by atoms with E-state index >= 15 is 0 Å². The second-order valence-corrected chi connectivity index (χ2v) is 10.8. The molecule has 1 saturated heterocycles. The summed E-state index contributed by atoms with van der Waals surface area (Å²) in [6.45, 7) is 11.6. The first-order valence-electron chi connectivity index (χ1n) is 12.1. The number of para-hydroxylation sites is 2. The molecule has 1 fully saturated rings. The van der Waals surface area contributed by atoms with Gasteiger partial charge in [-0.1, -0.05) is 51.1 Å². The van der Waals surface area contributed by atoms with Crippen molar-refractivity contribution in [1.29, 1.82) is 0 Å². The lowest BCUT2D eigenvalue weighted by Gasteiger charge is -2.36. The van der Waals surface area contributed by atoms with E-state index in [1.54, 1.807) is 7.11 Å². The summed E-state index contributed by atoms with van der Waals surface area (Å²) in [5.74, 6) is 0.965. The van der Waals surface area contributed by atoms with E-state index in [4.69, 9.17) is 4.74 Å². The predicted octanol–water partition coefficient (Wildman–Crippen LogP) is 6.38. The van der Waals surface area contributed by atoms with Crippen LogP contribution >= 0.6 is 11.9 Å². The van der Waals surface area contributed by atoms with Crippen molar-refractivity contribution < 1.29 is 9.53 Å². The summed E-state index contributed by atoms with van der Waals surface area (Å²) in [5, 5.41) is 0. The van der Waals surface area contributed by atoms with Crippen molar-refractivity contribution in [3.8, 4) is 5.75 Å². The van der Waals surface area contributed by atoms with E-state index in [2.05, 4.69) is 66.8 Å². The maximum absolute atomic E-state index is 13.4. The molecule has 0 atom stereocenters. The minimum Gasteiger partial charge on any atom is -0.495 e. The van der Waals surface area contributed by atoms with Gasteiger partial charge in [-0.25, -0.2) is 0 Å². The van der Waals surface area contributed by atoms with Crippen LogP contribution in [0.15, 0.2) is 71.6 Å². The number of benzene rings is 3. The average Bonchev–Trinajstić information content (AvgIpc) is 2.87. The molecule has 5 nitrogen and oxygen atoms in total. The van der Waals surface area contributed by atoms with Crippen molar-refractivity contribution >= 4 is 29.2 Å². The standard InChI is InChI=1S/C29H35N3O2S/c1-21-10-15-24(35-30-23-13-11-22(12-14-23)29(2,3)4)20-25(21)28(33)32-18-16-31(17-19-32)26-8-6-7-9-27(26)34-5/h6-15,20,30H,16-19H2,1-5H3. The number of carbonyl (C=O) groups excluding carboxylic acids is 1. The fourth-order valence-electron chi connectivity index (χ4n) is 4.26. The van der Waals surface area contributed by atoms with Crippen molar-refractivity contribution in [2.45, 2.75) is 38.0 Å². The maximum atomic E-state index is 13.4. The molecular formula is C29H35N3O2S. The third-order valence-electron chi connectivity index (χ3n) is 6.47. The van der Waals surface area contributed by atoms with Crippen LogP contribution in [0.5, 0.6) is 5.75 Å². The summed E-state index contributed by atoms with van der Waals surface area (Å²) in [6, 6.07) is 22.7. The summed E-state index contributed by atoms with van der Waals surface area (Å²) in [5.41, 5.74) is 5.34. The number of aryl methyl sites for hydroxylation is 1. The number of hydrogen-bond acceptors (Lipinski definition) is 5. The van der Waals surface area contributed by atoms with Crippen LogP contribution in [0.2, 0.25) is 0 Å². The predicted molar refractivity (Wildman–Crippen MR) is 147 cm³/mol. The Bertz CT molecular complexity index is 1160. The SMILES string of the molecule is COc1ccccc1N1CCN(C(=O)c2cc(SNc3ccc(C(C)(C)C)cc3)ccc2C)CC1. The monoisotopic (exact) mass is 489 g/mol. The van der Waals surface area contributed by atoms with Gasteiger partial charge < -0.3 is 19.3 Å². The fourth-order valence-corrected chi connectivity index (χ4v) is 4.95. The number of ether oxygens (including phenoxy) is 1.